The van der Waals surface area contributed by atoms with Crippen LogP contribution in [-0.2, 0) is 9.53 Å². The van der Waals surface area contributed by atoms with E-state index in [4.69, 9.17) is 14.2 Å². The smallest absolute Gasteiger partial charge is 0.347 e. The number of carbonyl (C=O) groups excluding carboxylic acids is 1. The predicted molar refractivity (Wildman–Crippen MR) is 74.6 cm³/mol. The minimum absolute atomic E-state index is 0.146. The molecule has 0 amide bonds. The highest BCUT2D eigenvalue weighted by Crippen LogP contribution is 2.12. The van der Waals surface area contributed by atoms with E-state index in [2.05, 4.69) is 0 Å². The van der Waals surface area contributed by atoms with Gasteiger partial charge in [-0.1, -0.05) is 36.4 Å². The van der Waals surface area contributed by atoms with Crippen molar-refractivity contribution < 1.29 is 19.0 Å². The fraction of sp³-hybridized carbons (Fsp3) is 0.188. The van der Waals surface area contributed by atoms with Crippen LogP contribution >= 0.6 is 0 Å². The first kappa shape index (κ1) is 13.9. The molecule has 0 aliphatic carbocycles. The number of hydrogen-bond donors (Lipinski definition) is 0. The van der Waals surface area contributed by atoms with E-state index in [0.29, 0.717) is 11.5 Å². The van der Waals surface area contributed by atoms with Crippen molar-refractivity contribution in [2.45, 2.75) is 13.2 Å². The van der Waals surface area contributed by atoms with Gasteiger partial charge in [0.1, 0.15) is 11.5 Å². The molecule has 2 aromatic carbocycles. The maximum absolute atomic E-state index is 11.6. The number of rotatable bonds is 6. The standard InChI is InChI=1S/C16H16O4/c1-13(19-15-10-6-3-7-11-15)20-16(17)12-18-14-8-4-2-5-9-14/h2-11,13H,12H2,1H3. The Bertz CT molecular complexity index is 525. The van der Waals surface area contributed by atoms with E-state index < -0.39 is 12.3 Å². The Morgan fingerprint density at radius 1 is 0.950 bits per heavy atom. The van der Waals surface area contributed by atoms with Gasteiger partial charge in [-0.05, 0) is 24.3 Å². The molecule has 2 rings (SSSR count). The van der Waals surface area contributed by atoms with Crippen molar-refractivity contribution in [1.29, 1.82) is 0 Å². The van der Waals surface area contributed by atoms with Gasteiger partial charge in [0.05, 0.1) is 0 Å². The molecule has 0 bridgehead atoms. The zero-order valence-electron chi connectivity index (χ0n) is 11.2. The van der Waals surface area contributed by atoms with Gasteiger partial charge in [-0.25, -0.2) is 4.79 Å². The van der Waals surface area contributed by atoms with Gasteiger partial charge in [0, 0.05) is 6.92 Å². The van der Waals surface area contributed by atoms with Crippen molar-refractivity contribution in [3.05, 3.63) is 60.7 Å². The van der Waals surface area contributed by atoms with Crippen LogP contribution in [0.15, 0.2) is 60.7 Å². The van der Waals surface area contributed by atoms with Crippen LogP contribution in [0.5, 0.6) is 11.5 Å². The van der Waals surface area contributed by atoms with Gasteiger partial charge < -0.3 is 14.2 Å². The van der Waals surface area contributed by atoms with Crippen LogP contribution in [0.25, 0.3) is 0 Å². The second-order valence-corrected chi connectivity index (χ2v) is 4.09. The molecule has 0 saturated carbocycles. The number of carbonyl (C=O) groups is 1. The molecule has 1 atom stereocenters. The van der Waals surface area contributed by atoms with Gasteiger partial charge in [0.25, 0.3) is 0 Å². The van der Waals surface area contributed by atoms with Crippen molar-refractivity contribution >= 4 is 5.97 Å². The van der Waals surface area contributed by atoms with E-state index in [1.807, 2.05) is 36.4 Å². The molecule has 0 N–H and O–H groups in total. The minimum atomic E-state index is -0.663. The lowest BCUT2D eigenvalue weighted by Crippen LogP contribution is -2.24. The molecule has 104 valence electrons. The molecule has 1 unspecified atom stereocenters. The molecule has 20 heavy (non-hydrogen) atoms. The van der Waals surface area contributed by atoms with Crippen LogP contribution in [0.2, 0.25) is 0 Å². The third kappa shape index (κ3) is 4.65. The molecule has 0 aliphatic rings. The van der Waals surface area contributed by atoms with Gasteiger partial charge in [0.2, 0.25) is 6.29 Å². The van der Waals surface area contributed by atoms with E-state index in [0.717, 1.165) is 0 Å². The lowest BCUT2D eigenvalue weighted by Gasteiger charge is -2.15. The molecular formula is C16H16O4. The van der Waals surface area contributed by atoms with Crippen LogP contribution in [0, 0.1) is 0 Å². The van der Waals surface area contributed by atoms with E-state index >= 15 is 0 Å². The molecule has 0 heterocycles. The lowest BCUT2D eigenvalue weighted by molar-refractivity contribution is -0.163. The third-order valence-electron chi connectivity index (χ3n) is 2.44. The van der Waals surface area contributed by atoms with Crippen molar-refractivity contribution in [2.24, 2.45) is 0 Å². The van der Waals surface area contributed by atoms with Gasteiger partial charge in [0.15, 0.2) is 6.61 Å². The largest absolute Gasteiger partial charge is 0.482 e. The Kier molecular flexibility index (Phi) is 5.00. The maximum atomic E-state index is 11.6. The molecule has 4 heteroatoms. The first-order valence-electron chi connectivity index (χ1n) is 6.33. The summed E-state index contributed by atoms with van der Waals surface area (Å²) in [6, 6.07) is 18.3. The average Bonchev–Trinajstić information content (AvgIpc) is 2.47. The number of ether oxygens (including phenoxy) is 3. The van der Waals surface area contributed by atoms with Crippen molar-refractivity contribution in [3.63, 3.8) is 0 Å². The first-order chi connectivity index (χ1) is 9.74. The summed E-state index contributed by atoms with van der Waals surface area (Å²) in [5, 5.41) is 0. The number of esters is 1. The SMILES string of the molecule is CC(OC(=O)COc1ccccc1)Oc1ccccc1. The predicted octanol–water partition coefficient (Wildman–Crippen LogP) is 3.03. The molecular weight excluding hydrogens is 256 g/mol. The summed E-state index contributed by atoms with van der Waals surface area (Å²) in [5.74, 6) is 0.801. The van der Waals surface area contributed by atoms with Crippen LogP contribution in [-0.4, -0.2) is 18.9 Å². The Hall–Kier alpha value is -2.49. The summed E-state index contributed by atoms with van der Waals surface area (Å²) in [7, 11) is 0. The Balaban J connectivity index is 1.74. The van der Waals surface area contributed by atoms with Gasteiger partial charge in [-0.15, -0.1) is 0 Å². The third-order valence-corrected chi connectivity index (χ3v) is 2.44. The molecule has 0 aromatic heterocycles. The van der Waals surface area contributed by atoms with Gasteiger partial charge in [-0.2, -0.15) is 0 Å². The lowest BCUT2D eigenvalue weighted by atomic mass is 10.3. The highest BCUT2D eigenvalue weighted by molar-refractivity contribution is 5.71. The summed E-state index contributed by atoms with van der Waals surface area (Å²) in [6.45, 7) is 1.51. The minimum Gasteiger partial charge on any atom is -0.482 e. The van der Waals surface area contributed by atoms with E-state index in [1.165, 1.54) is 0 Å². The molecule has 0 fully saturated rings. The van der Waals surface area contributed by atoms with E-state index in [-0.39, 0.29) is 6.61 Å². The second-order valence-electron chi connectivity index (χ2n) is 4.09. The zero-order valence-corrected chi connectivity index (χ0v) is 11.2. The monoisotopic (exact) mass is 272 g/mol. The highest BCUT2D eigenvalue weighted by Gasteiger charge is 2.11. The molecule has 0 spiro atoms. The summed E-state index contributed by atoms with van der Waals surface area (Å²) < 4.78 is 15.8. The van der Waals surface area contributed by atoms with Crippen molar-refractivity contribution in [1.82, 2.24) is 0 Å². The quantitative estimate of drug-likeness (QED) is 0.599. The Morgan fingerprint density at radius 3 is 2.10 bits per heavy atom. The normalized spacial score (nSPS) is 11.4. The average molecular weight is 272 g/mol. The summed E-state index contributed by atoms with van der Waals surface area (Å²) in [4.78, 5) is 11.6. The van der Waals surface area contributed by atoms with Crippen molar-refractivity contribution in [3.8, 4) is 11.5 Å². The van der Waals surface area contributed by atoms with Crippen LogP contribution in [0.1, 0.15) is 6.92 Å². The topological polar surface area (TPSA) is 44.8 Å². The number of para-hydroxylation sites is 2. The van der Waals surface area contributed by atoms with Crippen LogP contribution < -0.4 is 9.47 Å². The van der Waals surface area contributed by atoms with E-state index in [1.54, 1.807) is 31.2 Å². The van der Waals surface area contributed by atoms with Gasteiger partial charge >= 0.3 is 5.97 Å². The van der Waals surface area contributed by atoms with E-state index in [9.17, 15) is 4.79 Å². The Morgan fingerprint density at radius 2 is 1.50 bits per heavy atom. The summed E-state index contributed by atoms with van der Waals surface area (Å²) in [6.07, 6.45) is -0.663. The first-order valence-corrected chi connectivity index (χ1v) is 6.33. The zero-order chi connectivity index (χ0) is 14.2. The fourth-order valence-corrected chi connectivity index (χ4v) is 1.59. The second kappa shape index (κ2) is 7.19. The number of benzene rings is 2. The number of hydrogen-bond acceptors (Lipinski definition) is 4. The van der Waals surface area contributed by atoms with Crippen molar-refractivity contribution in [2.75, 3.05) is 6.61 Å². The molecule has 0 aliphatic heterocycles. The molecule has 0 saturated heterocycles. The fourth-order valence-electron chi connectivity index (χ4n) is 1.59. The maximum Gasteiger partial charge on any atom is 0.347 e. The highest BCUT2D eigenvalue weighted by atomic mass is 16.7. The van der Waals surface area contributed by atoms with Gasteiger partial charge in [-0.3, -0.25) is 0 Å². The Labute approximate surface area is 117 Å². The molecule has 0 radical (unpaired) electrons. The summed E-state index contributed by atoms with van der Waals surface area (Å²) in [5.41, 5.74) is 0. The molecule has 2 aromatic rings. The van der Waals surface area contributed by atoms with Crippen LogP contribution in [0.3, 0.4) is 0 Å². The molecule has 4 nitrogen and oxygen atoms in total. The van der Waals surface area contributed by atoms with Crippen LogP contribution in [0.4, 0.5) is 0 Å². The summed E-state index contributed by atoms with van der Waals surface area (Å²) >= 11 is 0.